The fraction of sp³-hybridized carbons (Fsp3) is 0.579. The van der Waals surface area contributed by atoms with E-state index in [4.69, 9.17) is 10.5 Å². The molecule has 0 bridgehead atoms. The third kappa shape index (κ3) is 6.84. The summed E-state index contributed by atoms with van der Waals surface area (Å²) < 4.78 is 5.14. The van der Waals surface area contributed by atoms with Crippen LogP contribution in [0.15, 0.2) is 24.3 Å². The summed E-state index contributed by atoms with van der Waals surface area (Å²) >= 11 is 0. The number of halogens is 1. The van der Waals surface area contributed by atoms with Gasteiger partial charge in [0.2, 0.25) is 11.8 Å². The lowest BCUT2D eigenvalue weighted by atomic mass is 10.1. The number of piperazine rings is 1. The van der Waals surface area contributed by atoms with Gasteiger partial charge in [-0.2, -0.15) is 0 Å². The van der Waals surface area contributed by atoms with E-state index in [0.717, 1.165) is 17.7 Å². The second-order valence-electron chi connectivity index (χ2n) is 6.63. The molecule has 1 aliphatic heterocycles. The van der Waals surface area contributed by atoms with Crippen LogP contribution in [-0.2, 0) is 16.0 Å². The quantitative estimate of drug-likeness (QED) is 0.779. The molecule has 1 aromatic rings. The van der Waals surface area contributed by atoms with Crippen molar-refractivity contribution in [3.63, 3.8) is 0 Å². The van der Waals surface area contributed by atoms with E-state index >= 15 is 0 Å². The van der Waals surface area contributed by atoms with Crippen LogP contribution in [-0.4, -0.2) is 60.9 Å². The van der Waals surface area contributed by atoms with Crippen molar-refractivity contribution in [3.8, 4) is 5.75 Å². The van der Waals surface area contributed by atoms with Gasteiger partial charge in [-0.25, -0.2) is 0 Å². The molecule has 0 aromatic heterocycles. The van der Waals surface area contributed by atoms with Crippen molar-refractivity contribution in [2.75, 3.05) is 33.3 Å². The van der Waals surface area contributed by atoms with Gasteiger partial charge in [-0.3, -0.25) is 9.59 Å². The van der Waals surface area contributed by atoms with E-state index in [-0.39, 0.29) is 30.3 Å². The van der Waals surface area contributed by atoms with Crippen LogP contribution in [0.5, 0.6) is 5.75 Å². The van der Waals surface area contributed by atoms with Gasteiger partial charge in [-0.15, -0.1) is 12.4 Å². The van der Waals surface area contributed by atoms with Crippen LogP contribution in [0.2, 0.25) is 0 Å². The maximum absolute atomic E-state index is 12.4. The molecule has 1 heterocycles. The van der Waals surface area contributed by atoms with Gasteiger partial charge in [0.15, 0.2) is 0 Å². The molecular weight excluding hydrogens is 354 g/mol. The summed E-state index contributed by atoms with van der Waals surface area (Å²) in [5, 5.41) is 0. The number of hydrogen-bond acceptors (Lipinski definition) is 4. The number of aryl methyl sites for hydroxylation is 1. The Bertz CT molecular complexity index is 570. The zero-order valence-electron chi connectivity index (χ0n) is 15.6. The van der Waals surface area contributed by atoms with Gasteiger partial charge in [-0.1, -0.05) is 12.1 Å². The smallest absolute Gasteiger partial charge is 0.223 e. The molecule has 1 aromatic carbocycles. The largest absolute Gasteiger partial charge is 0.497 e. The first kappa shape index (κ1) is 22.3. The van der Waals surface area contributed by atoms with E-state index in [1.807, 2.05) is 41.0 Å². The standard InChI is InChI=1S/C19H29N3O3.ClH/c1-15(20)3-9-18(23)21-11-13-22(14-12-21)19(24)10-6-16-4-7-17(25-2)8-5-16;/h4-5,7-8,15H,3,6,9-14,20H2,1-2H3;1H. The molecule has 1 aliphatic rings. The van der Waals surface area contributed by atoms with Crippen LogP contribution in [0.25, 0.3) is 0 Å². The fourth-order valence-corrected chi connectivity index (χ4v) is 2.92. The van der Waals surface area contributed by atoms with Crippen molar-refractivity contribution in [2.45, 2.75) is 38.6 Å². The maximum Gasteiger partial charge on any atom is 0.223 e. The molecule has 0 spiro atoms. The molecule has 26 heavy (non-hydrogen) atoms. The van der Waals surface area contributed by atoms with Crippen molar-refractivity contribution in [1.82, 2.24) is 9.80 Å². The van der Waals surface area contributed by atoms with Crippen molar-refractivity contribution in [3.05, 3.63) is 29.8 Å². The van der Waals surface area contributed by atoms with Crippen LogP contribution in [0, 0.1) is 0 Å². The molecule has 0 radical (unpaired) electrons. The number of hydrogen-bond donors (Lipinski definition) is 1. The Labute approximate surface area is 162 Å². The number of nitrogens with zero attached hydrogens (tertiary/aromatic N) is 2. The van der Waals surface area contributed by atoms with Crippen molar-refractivity contribution in [2.24, 2.45) is 5.73 Å². The topological polar surface area (TPSA) is 75.9 Å². The van der Waals surface area contributed by atoms with Crippen molar-refractivity contribution in [1.29, 1.82) is 0 Å². The Morgan fingerprint density at radius 1 is 1.04 bits per heavy atom. The van der Waals surface area contributed by atoms with Gasteiger partial charge in [-0.05, 0) is 37.5 Å². The molecule has 1 atom stereocenters. The van der Waals surface area contributed by atoms with Gasteiger partial charge in [0.25, 0.3) is 0 Å². The number of benzene rings is 1. The maximum atomic E-state index is 12.4. The van der Waals surface area contributed by atoms with Gasteiger partial charge < -0.3 is 20.3 Å². The van der Waals surface area contributed by atoms with E-state index in [2.05, 4.69) is 0 Å². The van der Waals surface area contributed by atoms with Gasteiger partial charge in [0, 0.05) is 45.1 Å². The summed E-state index contributed by atoms with van der Waals surface area (Å²) in [7, 11) is 1.64. The van der Waals surface area contributed by atoms with E-state index in [1.165, 1.54) is 0 Å². The predicted molar refractivity (Wildman–Crippen MR) is 105 cm³/mol. The highest BCUT2D eigenvalue weighted by Gasteiger charge is 2.23. The Morgan fingerprint density at radius 3 is 2.00 bits per heavy atom. The number of rotatable bonds is 7. The molecule has 146 valence electrons. The normalized spacial score (nSPS) is 15.2. The summed E-state index contributed by atoms with van der Waals surface area (Å²) in [6.07, 6.45) is 2.41. The molecule has 6 nitrogen and oxygen atoms in total. The minimum Gasteiger partial charge on any atom is -0.497 e. The Morgan fingerprint density at radius 2 is 1.54 bits per heavy atom. The first-order chi connectivity index (χ1) is 12.0. The zero-order chi connectivity index (χ0) is 18.2. The third-order valence-electron chi connectivity index (χ3n) is 4.59. The third-order valence-corrected chi connectivity index (χ3v) is 4.59. The molecule has 1 fully saturated rings. The van der Waals surface area contributed by atoms with E-state index < -0.39 is 0 Å². The van der Waals surface area contributed by atoms with Crippen LogP contribution in [0.3, 0.4) is 0 Å². The molecule has 2 amide bonds. The number of amides is 2. The SMILES string of the molecule is COc1ccc(CCC(=O)N2CCN(C(=O)CCC(C)N)CC2)cc1.Cl. The molecular formula is C19H30ClN3O3. The van der Waals surface area contributed by atoms with Crippen molar-refractivity contribution < 1.29 is 14.3 Å². The summed E-state index contributed by atoms with van der Waals surface area (Å²) in [4.78, 5) is 28.2. The Kier molecular flexibility index (Phi) is 9.44. The first-order valence-electron chi connectivity index (χ1n) is 8.93. The Balaban J connectivity index is 0.00000338. The van der Waals surface area contributed by atoms with E-state index in [0.29, 0.717) is 45.4 Å². The highest BCUT2D eigenvalue weighted by Crippen LogP contribution is 2.14. The van der Waals surface area contributed by atoms with Crippen LogP contribution in [0.4, 0.5) is 0 Å². The van der Waals surface area contributed by atoms with E-state index in [1.54, 1.807) is 7.11 Å². The average molecular weight is 384 g/mol. The Hall–Kier alpha value is -1.79. The fourth-order valence-electron chi connectivity index (χ4n) is 2.92. The van der Waals surface area contributed by atoms with Crippen LogP contribution in [0.1, 0.15) is 31.7 Å². The first-order valence-corrected chi connectivity index (χ1v) is 8.93. The van der Waals surface area contributed by atoms with Gasteiger partial charge in [0.1, 0.15) is 5.75 Å². The highest BCUT2D eigenvalue weighted by atomic mass is 35.5. The summed E-state index contributed by atoms with van der Waals surface area (Å²) in [6.45, 7) is 4.38. The van der Waals surface area contributed by atoms with Gasteiger partial charge >= 0.3 is 0 Å². The second-order valence-corrected chi connectivity index (χ2v) is 6.63. The summed E-state index contributed by atoms with van der Waals surface area (Å²) in [5.74, 6) is 1.11. The van der Waals surface area contributed by atoms with Gasteiger partial charge in [0.05, 0.1) is 7.11 Å². The molecule has 1 saturated heterocycles. The lowest BCUT2D eigenvalue weighted by molar-refractivity contribution is -0.139. The minimum atomic E-state index is 0. The monoisotopic (exact) mass is 383 g/mol. The number of methoxy groups -OCH3 is 1. The molecule has 0 aliphatic carbocycles. The molecule has 2 rings (SSSR count). The molecule has 1 unspecified atom stereocenters. The molecule has 2 N–H and O–H groups in total. The lowest BCUT2D eigenvalue weighted by Gasteiger charge is -2.35. The van der Waals surface area contributed by atoms with E-state index in [9.17, 15) is 9.59 Å². The van der Waals surface area contributed by atoms with Crippen molar-refractivity contribution >= 4 is 24.2 Å². The predicted octanol–water partition coefficient (Wildman–Crippen LogP) is 1.85. The number of ether oxygens (including phenoxy) is 1. The zero-order valence-corrected chi connectivity index (χ0v) is 16.5. The highest BCUT2D eigenvalue weighted by molar-refractivity contribution is 5.85. The number of carbonyl (C=O) groups is 2. The minimum absolute atomic E-state index is 0. The summed E-state index contributed by atoms with van der Waals surface area (Å²) in [5.41, 5.74) is 6.82. The number of nitrogens with two attached hydrogens (primary N) is 1. The molecule has 0 saturated carbocycles. The summed E-state index contributed by atoms with van der Waals surface area (Å²) in [6, 6.07) is 7.84. The average Bonchev–Trinajstić information content (AvgIpc) is 2.64. The molecule has 7 heteroatoms. The van der Waals surface area contributed by atoms with Crippen LogP contribution >= 0.6 is 12.4 Å². The lowest BCUT2D eigenvalue weighted by Crippen LogP contribution is -2.50. The van der Waals surface area contributed by atoms with Crippen LogP contribution < -0.4 is 10.5 Å². The number of carbonyl (C=O) groups excluding carboxylic acids is 2. The second kappa shape index (κ2) is 11.0.